The molecule has 0 radical (unpaired) electrons. The summed E-state index contributed by atoms with van der Waals surface area (Å²) in [5, 5.41) is 4.76. The number of rotatable bonds is 2. The Hall–Kier alpha value is -1.35. The smallest absolute Gasteiger partial charge is 0.132 e. The Balaban J connectivity index is 2.52. The lowest BCUT2D eigenvalue weighted by atomic mass is 10.1. The third-order valence-corrected chi connectivity index (χ3v) is 2.62. The van der Waals surface area contributed by atoms with Crippen molar-refractivity contribution in [2.24, 2.45) is 0 Å². The van der Waals surface area contributed by atoms with E-state index in [-0.39, 0.29) is 11.9 Å². The molecule has 0 bridgehead atoms. The summed E-state index contributed by atoms with van der Waals surface area (Å²) >= 11 is 6.05. The second kappa shape index (κ2) is 4.26. The lowest BCUT2D eigenvalue weighted by Crippen LogP contribution is -2.00. The van der Waals surface area contributed by atoms with Gasteiger partial charge >= 0.3 is 0 Å². The van der Waals surface area contributed by atoms with Crippen molar-refractivity contribution in [3.05, 3.63) is 41.3 Å². The predicted molar refractivity (Wildman–Crippen MR) is 63.0 cm³/mol. The van der Waals surface area contributed by atoms with Gasteiger partial charge in [-0.25, -0.2) is 4.39 Å². The fraction of sp³-hybridized carbons (Fsp3) is 0.250. The normalized spacial score (nSPS) is 11.1. The Kier molecular flexibility index (Phi) is 2.97. The van der Waals surface area contributed by atoms with Gasteiger partial charge in [-0.15, -0.1) is 0 Å². The number of nitrogens with zero attached hydrogens (tertiary/aromatic N) is 2. The molecule has 0 aliphatic rings. The SMILES string of the molecule is CC(C)n1cc(Cl)c(-c2ccccc2F)n1. The average molecular weight is 239 g/mol. The third kappa shape index (κ3) is 1.95. The number of halogens is 2. The number of hydrogen-bond acceptors (Lipinski definition) is 1. The molecule has 0 saturated carbocycles. The molecule has 84 valence electrons. The van der Waals surface area contributed by atoms with Gasteiger partial charge in [-0.1, -0.05) is 23.7 Å². The molecule has 2 rings (SSSR count). The predicted octanol–water partition coefficient (Wildman–Crippen LogP) is 3.92. The zero-order valence-electron chi connectivity index (χ0n) is 9.11. The highest BCUT2D eigenvalue weighted by Gasteiger charge is 2.13. The molecule has 0 saturated heterocycles. The van der Waals surface area contributed by atoms with Crippen LogP contribution in [0.5, 0.6) is 0 Å². The molecule has 0 aliphatic heterocycles. The van der Waals surface area contributed by atoms with Crippen LogP contribution in [0.25, 0.3) is 11.3 Å². The van der Waals surface area contributed by atoms with Crippen LogP contribution < -0.4 is 0 Å². The second-order valence-corrected chi connectivity index (χ2v) is 4.29. The summed E-state index contributed by atoms with van der Waals surface area (Å²) in [6, 6.07) is 6.70. The Labute approximate surface area is 98.7 Å². The Bertz CT molecular complexity index is 505. The maximum atomic E-state index is 13.6. The summed E-state index contributed by atoms with van der Waals surface area (Å²) in [5.41, 5.74) is 0.931. The largest absolute Gasteiger partial charge is 0.268 e. The molecule has 1 heterocycles. The molecule has 4 heteroatoms. The highest BCUT2D eigenvalue weighted by molar-refractivity contribution is 6.33. The van der Waals surface area contributed by atoms with Gasteiger partial charge in [0.2, 0.25) is 0 Å². The minimum absolute atomic E-state index is 0.207. The van der Waals surface area contributed by atoms with E-state index in [9.17, 15) is 4.39 Å². The lowest BCUT2D eigenvalue weighted by Gasteiger charge is -2.03. The first-order valence-electron chi connectivity index (χ1n) is 5.09. The summed E-state index contributed by atoms with van der Waals surface area (Å²) in [5.74, 6) is -0.307. The van der Waals surface area contributed by atoms with Crippen LogP contribution in [-0.2, 0) is 0 Å². The molecule has 2 aromatic rings. The van der Waals surface area contributed by atoms with Crippen molar-refractivity contribution in [2.45, 2.75) is 19.9 Å². The van der Waals surface area contributed by atoms with E-state index in [2.05, 4.69) is 5.10 Å². The zero-order chi connectivity index (χ0) is 11.7. The molecule has 0 amide bonds. The van der Waals surface area contributed by atoms with Crippen LogP contribution >= 0.6 is 11.6 Å². The highest BCUT2D eigenvalue weighted by Crippen LogP contribution is 2.29. The summed E-state index contributed by atoms with van der Waals surface area (Å²) in [6.45, 7) is 3.99. The van der Waals surface area contributed by atoms with Gasteiger partial charge in [0.15, 0.2) is 0 Å². The molecule has 1 aromatic carbocycles. The fourth-order valence-corrected chi connectivity index (χ4v) is 1.71. The van der Waals surface area contributed by atoms with Crippen molar-refractivity contribution in [2.75, 3.05) is 0 Å². The monoisotopic (exact) mass is 238 g/mol. The van der Waals surface area contributed by atoms with E-state index in [1.165, 1.54) is 6.07 Å². The fourth-order valence-electron chi connectivity index (χ4n) is 1.47. The molecular formula is C12H12ClFN2. The van der Waals surface area contributed by atoms with Crippen molar-refractivity contribution in [1.29, 1.82) is 0 Å². The Morgan fingerprint density at radius 3 is 2.56 bits per heavy atom. The molecule has 0 atom stereocenters. The molecule has 0 fully saturated rings. The van der Waals surface area contributed by atoms with E-state index < -0.39 is 0 Å². The molecule has 16 heavy (non-hydrogen) atoms. The molecule has 0 unspecified atom stereocenters. The van der Waals surface area contributed by atoms with E-state index in [0.29, 0.717) is 16.3 Å². The minimum Gasteiger partial charge on any atom is -0.268 e. The van der Waals surface area contributed by atoms with Crippen LogP contribution in [0.2, 0.25) is 5.02 Å². The van der Waals surface area contributed by atoms with Crippen LogP contribution in [0.4, 0.5) is 4.39 Å². The van der Waals surface area contributed by atoms with Crippen molar-refractivity contribution in [1.82, 2.24) is 9.78 Å². The first-order chi connectivity index (χ1) is 7.59. The second-order valence-electron chi connectivity index (χ2n) is 3.88. The maximum absolute atomic E-state index is 13.6. The summed E-state index contributed by atoms with van der Waals surface area (Å²) < 4.78 is 15.3. The topological polar surface area (TPSA) is 17.8 Å². The Morgan fingerprint density at radius 1 is 1.31 bits per heavy atom. The number of benzene rings is 1. The molecular weight excluding hydrogens is 227 g/mol. The molecule has 0 spiro atoms. The number of aromatic nitrogens is 2. The van der Waals surface area contributed by atoms with Gasteiger partial charge in [-0.2, -0.15) is 5.10 Å². The third-order valence-electron chi connectivity index (χ3n) is 2.35. The average Bonchev–Trinajstić information content (AvgIpc) is 2.61. The van der Waals surface area contributed by atoms with Crippen molar-refractivity contribution in [3.63, 3.8) is 0 Å². The lowest BCUT2D eigenvalue weighted by molar-refractivity contribution is 0.533. The van der Waals surface area contributed by atoms with Gasteiger partial charge in [0.25, 0.3) is 0 Å². The number of hydrogen-bond donors (Lipinski definition) is 0. The van der Waals surface area contributed by atoms with E-state index in [1.807, 2.05) is 13.8 Å². The first kappa shape index (κ1) is 11.1. The summed E-state index contributed by atoms with van der Waals surface area (Å²) in [6.07, 6.45) is 1.72. The minimum atomic E-state index is -0.307. The van der Waals surface area contributed by atoms with Crippen molar-refractivity contribution < 1.29 is 4.39 Å². The molecule has 0 aliphatic carbocycles. The molecule has 1 aromatic heterocycles. The van der Waals surface area contributed by atoms with Gasteiger partial charge < -0.3 is 0 Å². The Morgan fingerprint density at radius 2 is 2.00 bits per heavy atom. The van der Waals surface area contributed by atoms with Crippen LogP contribution in [0.15, 0.2) is 30.5 Å². The quantitative estimate of drug-likeness (QED) is 0.775. The van der Waals surface area contributed by atoms with Crippen LogP contribution in [0, 0.1) is 5.82 Å². The van der Waals surface area contributed by atoms with Crippen LogP contribution in [-0.4, -0.2) is 9.78 Å². The van der Waals surface area contributed by atoms with Gasteiger partial charge in [-0.05, 0) is 26.0 Å². The van der Waals surface area contributed by atoms with Crippen LogP contribution in [0.3, 0.4) is 0 Å². The van der Waals surface area contributed by atoms with Crippen molar-refractivity contribution >= 4 is 11.6 Å². The van der Waals surface area contributed by atoms with Gasteiger partial charge in [0, 0.05) is 17.8 Å². The molecule has 2 nitrogen and oxygen atoms in total. The maximum Gasteiger partial charge on any atom is 0.132 e. The van der Waals surface area contributed by atoms with Gasteiger partial charge in [0.1, 0.15) is 11.5 Å². The van der Waals surface area contributed by atoms with E-state index in [0.717, 1.165) is 0 Å². The first-order valence-corrected chi connectivity index (χ1v) is 5.47. The van der Waals surface area contributed by atoms with E-state index >= 15 is 0 Å². The summed E-state index contributed by atoms with van der Waals surface area (Å²) in [7, 11) is 0. The summed E-state index contributed by atoms with van der Waals surface area (Å²) in [4.78, 5) is 0. The van der Waals surface area contributed by atoms with Crippen LogP contribution in [0.1, 0.15) is 19.9 Å². The standard InChI is InChI=1S/C12H12ClFN2/c1-8(2)16-7-10(13)12(15-16)9-5-3-4-6-11(9)14/h3-8H,1-2H3. The van der Waals surface area contributed by atoms with Gasteiger partial charge in [0.05, 0.1) is 5.02 Å². The molecule has 0 N–H and O–H groups in total. The van der Waals surface area contributed by atoms with Gasteiger partial charge in [-0.3, -0.25) is 4.68 Å². The zero-order valence-corrected chi connectivity index (χ0v) is 9.87. The van der Waals surface area contributed by atoms with E-state index in [4.69, 9.17) is 11.6 Å². The van der Waals surface area contributed by atoms with E-state index in [1.54, 1.807) is 29.1 Å². The highest BCUT2D eigenvalue weighted by atomic mass is 35.5. The van der Waals surface area contributed by atoms with Crippen molar-refractivity contribution in [3.8, 4) is 11.3 Å².